The summed E-state index contributed by atoms with van der Waals surface area (Å²) in [6, 6.07) is 15.6. The minimum atomic E-state index is -0.130. The number of benzene rings is 2. The van der Waals surface area contributed by atoms with Crippen LogP contribution in [-0.4, -0.2) is 36.4 Å². The number of nitrogens with one attached hydrogen (secondary N) is 1. The number of nitroso groups, excluding NO2 is 1. The molecule has 0 radical (unpaired) electrons. The van der Waals surface area contributed by atoms with Gasteiger partial charge in [0.15, 0.2) is 0 Å². The molecule has 1 amide bonds. The van der Waals surface area contributed by atoms with Gasteiger partial charge in [-0.2, -0.15) is 10.0 Å². The van der Waals surface area contributed by atoms with Crippen molar-refractivity contribution in [1.82, 2.24) is 15.1 Å². The summed E-state index contributed by atoms with van der Waals surface area (Å²) in [6.45, 7) is 0.474. The van der Waals surface area contributed by atoms with E-state index in [1.165, 1.54) is 5.56 Å². The molecule has 0 bridgehead atoms. The van der Waals surface area contributed by atoms with E-state index in [2.05, 4.69) is 27.7 Å². The second-order valence-electron chi connectivity index (χ2n) is 8.26. The van der Waals surface area contributed by atoms with Crippen molar-refractivity contribution in [2.75, 3.05) is 25.6 Å². The van der Waals surface area contributed by atoms with Crippen LogP contribution in [0.1, 0.15) is 40.2 Å². The summed E-state index contributed by atoms with van der Waals surface area (Å²) < 4.78 is 6.86. The molecule has 8 nitrogen and oxygen atoms in total. The molecule has 0 unspecified atom stereocenters. The third-order valence-electron chi connectivity index (χ3n) is 6.59. The zero-order valence-electron chi connectivity index (χ0n) is 18.2. The first kappa shape index (κ1) is 20.4. The summed E-state index contributed by atoms with van der Waals surface area (Å²) in [6.07, 6.45) is 2.87. The lowest BCUT2D eigenvalue weighted by Gasteiger charge is -2.28. The van der Waals surface area contributed by atoms with Crippen LogP contribution in [-0.2, 0) is 18.5 Å². The summed E-state index contributed by atoms with van der Waals surface area (Å²) in [5.41, 5.74) is 4.75. The lowest BCUT2D eigenvalue weighted by Crippen LogP contribution is -2.39. The van der Waals surface area contributed by atoms with Crippen LogP contribution < -0.4 is 15.0 Å². The van der Waals surface area contributed by atoms with E-state index in [0.717, 1.165) is 29.8 Å². The van der Waals surface area contributed by atoms with Crippen LogP contribution in [0.3, 0.4) is 0 Å². The van der Waals surface area contributed by atoms with Crippen molar-refractivity contribution in [3.63, 3.8) is 0 Å². The fourth-order valence-electron chi connectivity index (χ4n) is 4.54. The predicted molar refractivity (Wildman–Crippen MR) is 121 cm³/mol. The number of methoxy groups -OCH3 is 1. The van der Waals surface area contributed by atoms with Crippen LogP contribution in [0.5, 0.6) is 5.75 Å². The molecule has 1 aromatic heterocycles. The molecular weight excluding hydrogens is 406 g/mol. The van der Waals surface area contributed by atoms with Gasteiger partial charge >= 0.3 is 0 Å². The molecule has 1 N–H and O–H groups in total. The topological polar surface area (TPSA) is 88.8 Å². The van der Waals surface area contributed by atoms with E-state index in [9.17, 15) is 9.70 Å². The monoisotopic (exact) mass is 431 g/mol. The number of fused-ring (bicyclic) bond motifs is 1. The van der Waals surface area contributed by atoms with Gasteiger partial charge in [-0.1, -0.05) is 17.3 Å². The molecule has 0 atom stereocenters. The molecule has 8 heteroatoms. The summed E-state index contributed by atoms with van der Waals surface area (Å²) >= 11 is 0. The van der Waals surface area contributed by atoms with Crippen molar-refractivity contribution in [3.8, 4) is 11.4 Å². The van der Waals surface area contributed by atoms with Crippen molar-refractivity contribution in [2.45, 2.75) is 31.3 Å². The highest BCUT2D eigenvalue weighted by atomic mass is 16.5. The van der Waals surface area contributed by atoms with E-state index in [-0.39, 0.29) is 18.0 Å². The van der Waals surface area contributed by atoms with Gasteiger partial charge in [-0.05, 0) is 68.3 Å². The Morgan fingerprint density at radius 1 is 1.09 bits per heavy atom. The van der Waals surface area contributed by atoms with E-state index >= 15 is 0 Å². The fourth-order valence-corrected chi connectivity index (χ4v) is 4.54. The number of ether oxygens (including phenoxy) is 1. The number of carbonyl (C=O) groups excluding carboxylic acids is 1. The number of hydrogen-bond acceptors (Lipinski definition) is 6. The Bertz CT molecular complexity index is 1160. The van der Waals surface area contributed by atoms with Crippen LogP contribution in [0.15, 0.2) is 53.7 Å². The Balaban J connectivity index is 1.51. The third kappa shape index (κ3) is 3.27. The standard InChI is InChI=1S/C24H25N5O3/c1-25-24(12-13-24)16-3-5-17(6-4-16)28-14-11-20-21(15-26-31)27-29(22(20)23(28)30)18-7-9-19(32-2)10-8-18/h3-10,25H,11-15H2,1-2H3. The first-order chi connectivity index (χ1) is 15.6. The van der Waals surface area contributed by atoms with Gasteiger partial charge in [0, 0.05) is 23.3 Å². The number of aromatic nitrogens is 2. The average molecular weight is 431 g/mol. The number of nitrogens with zero attached hydrogens (tertiary/aromatic N) is 4. The zero-order chi connectivity index (χ0) is 22.3. The van der Waals surface area contributed by atoms with Crippen molar-refractivity contribution in [3.05, 3.63) is 76.0 Å². The summed E-state index contributed by atoms with van der Waals surface area (Å²) in [5, 5.41) is 11.0. The van der Waals surface area contributed by atoms with Gasteiger partial charge in [0.05, 0.1) is 18.5 Å². The number of rotatable bonds is 7. The lowest BCUT2D eigenvalue weighted by molar-refractivity contribution is 0.0973. The highest BCUT2D eigenvalue weighted by Gasteiger charge is 2.42. The Morgan fingerprint density at radius 2 is 1.78 bits per heavy atom. The molecule has 5 rings (SSSR count). The molecule has 1 fully saturated rings. The van der Waals surface area contributed by atoms with Crippen LogP contribution in [0.25, 0.3) is 5.69 Å². The molecule has 0 spiro atoms. The van der Waals surface area contributed by atoms with Crippen molar-refractivity contribution in [1.29, 1.82) is 0 Å². The third-order valence-corrected chi connectivity index (χ3v) is 6.59. The minimum absolute atomic E-state index is 0.0560. The predicted octanol–water partition coefficient (Wildman–Crippen LogP) is 3.56. The number of anilines is 1. The van der Waals surface area contributed by atoms with Crippen molar-refractivity contribution in [2.24, 2.45) is 5.18 Å². The van der Waals surface area contributed by atoms with Crippen LogP contribution in [0.2, 0.25) is 0 Å². The SMILES string of the molecule is CNC1(c2ccc(N3CCc4c(CN=O)nn(-c5ccc(OC)cc5)c4C3=O)cc2)CC1. The Hall–Kier alpha value is -3.52. The maximum absolute atomic E-state index is 13.6. The normalized spacial score (nSPS) is 16.6. The van der Waals surface area contributed by atoms with Crippen LogP contribution in [0, 0.1) is 4.91 Å². The van der Waals surface area contributed by atoms with Crippen LogP contribution >= 0.6 is 0 Å². The maximum atomic E-state index is 13.6. The minimum Gasteiger partial charge on any atom is -0.497 e. The highest BCUT2D eigenvalue weighted by molar-refractivity contribution is 6.07. The van der Waals surface area contributed by atoms with Gasteiger partial charge in [0.2, 0.25) is 0 Å². The van der Waals surface area contributed by atoms with Gasteiger partial charge in [0.25, 0.3) is 5.91 Å². The fraction of sp³-hybridized carbons (Fsp3) is 0.333. The molecule has 2 heterocycles. The molecule has 3 aromatic rings. The first-order valence-electron chi connectivity index (χ1n) is 10.8. The highest BCUT2D eigenvalue weighted by Crippen LogP contribution is 2.45. The maximum Gasteiger partial charge on any atom is 0.277 e. The number of hydrogen-bond donors (Lipinski definition) is 1. The van der Waals surface area contributed by atoms with E-state index in [4.69, 9.17) is 4.74 Å². The molecule has 2 aliphatic rings. The molecule has 1 aliphatic heterocycles. The zero-order valence-corrected chi connectivity index (χ0v) is 18.2. The molecule has 164 valence electrons. The summed E-state index contributed by atoms with van der Waals surface area (Å²) in [7, 11) is 3.59. The average Bonchev–Trinajstić information content (AvgIpc) is 3.55. The smallest absolute Gasteiger partial charge is 0.277 e. The number of carbonyl (C=O) groups is 1. The second kappa shape index (κ2) is 7.87. The summed E-state index contributed by atoms with van der Waals surface area (Å²) in [5.74, 6) is 0.585. The Labute approximate surface area is 186 Å². The quantitative estimate of drug-likeness (QED) is 0.578. The van der Waals surface area contributed by atoms with E-state index < -0.39 is 0 Å². The van der Waals surface area contributed by atoms with E-state index in [0.29, 0.717) is 30.1 Å². The largest absolute Gasteiger partial charge is 0.497 e. The second-order valence-corrected chi connectivity index (χ2v) is 8.26. The van der Waals surface area contributed by atoms with Crippen molar-refractivity contribution < 1.29 is 9.53 Å². The number of amides is 1. The molecule has 1 aliphatic carbocycles. The van der Waals surface area contributed by atoms with Gasteiger partial charge in [-0.15, -0.1) is 0 Å². The van der Waals surface area contributed by atoms with E-state index in [1.54, 1.807) is 16.7 Å². The summed E-state index contributed by atoms with van der Waals surface area (Å²) in [4.78, 5) is 26.4. The van der Waals surface area contributed by atoms with Gasteiger partial charge in [-0.25, -0.2) is 4.68 Å². The Kier molecular flexibility index (Phi) is 5.01. The lowest BCUT2D eigenvalue weighted by atomic mass is 10.0. The van der Waals surface area contributed by atoms with E-state index in [1.807, 2.05) is 43.4 Å². The Morgan fingerprint density at radius 3 is 2.38 bits per heavy atom. The van der Waals surface area contributed by atoms with Gasteiger partial charge < -0.3 is 15.0 Å². The molecular formula is C24H25N5O3. The van der Waals surface area contributed by atoms with Crippen molar-refractivity contribution >= 4 is 11.6 Å². The first-order valence-corrected chi connectivity index (χ1v) is 10.8. The van der Waals surface area contributed by atoms with Gasteiger partial charge in [0.1, 0.15) is 18.0 Å². The molecule has 1 saturated carbocycles. The molecule has 2 aromatic carbocycles. The molecule has 32 heavy (non-hydrogen) atoms. The van der Waals surface area contributed by atoms with Crippen LogP contribution in [0.4, 0.5) is 5.69 Å². The molecule has 0 saturated heterocycles. The van der Waals surface area contributed by atoms with Gasteiger partial charge in [-0.3, -0.25) is 4.79 Å².